The lowest BCUT2D eigenvalue weighted by Crippen LogP contribution is -2.62. The predicted molar refractivity (Wildman–Crippen MR) is 90.8 cm³/mol. The number of piperidine rings is 1. The van der Waals surface area contributed by atoms with Crippen molar-refractivity contribution < 1.29 is 29.6 Å². The highest BCUT2D eigenvalue weighted by Crippen LogP contribution is 2.20. The number of benzene rings is 1. The van der Waals surface area contributed by atoms with E-state index in [1.165, 1.54) is 6.07 Å². The molecule has 7 heteroatoms. The van der Waals surface area contributed by atoms with Crippen molar-refractivity contribution in [3.8, 4) is 5.75 Å². The topological polar surface area (TPSA) is 93.4 Å². The smallest absolute Gasteiger partial charge is 0.165 e. The van der Waals surface area contributed by atoms with Crippen LogP contribution < -0.4 is 4.74 Å². The largest absolute Gasteiger partial charge is 0.491 e. The van der Waals surface area contributed by atoms with Gasteiger partial charge >= 0.3 is 0 Å². The number of para-hydroxylation sites is 1. The van der Waals surface area contributed by atoms with Crippen molar-refractivity contribution in [2.75, 3.05) is 26.3 Å². The van der Waals surface area contributed by atoms with Gasteiger partial charge in [0.15, 0.2) is 11.6 Å². The first-order valence-corrected chi connectivity index (χ1v) is 8.81. The number of aliphatic hydroxyl groups is 4. The molecular weight excluding hydrogens is 329 g/mol. The molecule has 2 rings (SSSR count). The van der Waals surface area contributed by atoms with Crippen molar-refractivity contribution in [2.45, 2.75) is 50.0 Å². The lowest BCUT2D eigenvalue weighted by Gasteiger charge is -2.43. The lowest BCUT2D eigenvalue weighted by molar-refractivity contribution is -0.145. The average molecular weight is 357 g/mol. The minimum atomic E-state index is -1.22. The summed E-state index contributed by atoms with van der Waals surface area (Å²) in [4.78, 5) is 1.82. The van der Waals surface area contributed by atoms with Crippen LogP contribution in [0.1, 0.15) is 25.7 Å². The van der Waals surface area contributed by atoms with E-state index in [9.17, 15) is 24.8 Å². The van der Waals surface area contributed by atoms with Gasteiger partial charge in [0.2, 0.25) is 0 Å². The summed E-state index contributed by atoms with van der Waals surface area (Å²) in [6.45, 7) is 1.05. The monoisotopic (exact) mass is 357 g/mol. The lowest BCUT2D eigenvalue weighted by atomic mass is 9.94. The van der Waals surface area contributed by atoms with Gasteiger partial charge in [-0.2, -0.15) is 0 Å². The second-order valence-electron chi connectivity index (χ2n) is 6.49. The third kappa shape index (κ3) is 5.62. The zero-order valence-corrected chi connectivity index (χ0v) is 14.3. The number of hydrogen-bond donors (Lipinski definition) is 4. The molecule has 1 heterocycles. The third-order valence-electron chi connectivity index (χ3n) is 4.65. The number of nitrogens with zero attached hydrogens (tertiary/aromatic N) is 1. The maximum Gasteiger partial charge on any atom is 0.165 e. The van der Waals surface area contributed by atoms with Crippen LogP contribution in [0.4, 0.5) is 4.39 Å². The Bertz CT molecular complexity index is 518. The van der Waals surface area contributed by atoms with Crippen LogP contribution >= 0.6 is 0 Å². The molecule has 0 radical (unpaired) electrons. The summed E-state index contributed by atoms with van der Waals surface area (Å²) in [5.74, 6) is -0.0925. The number of ether oxygens (including phenoxy) is 1. The van der Waals surface area contributed by atoms with E-state index in [0.29, 0.717) is 13.2 Å². The number of halogens is 1. The van der Waals surface area contributed by atoms with Crippen molar-refractivity contribution in [3.63, 3.8) is 0 Å². The Labute approximate surface area is 147 Å². The Morgan fingerprint density at radius 2 is 1.76 bits per heavy atom. The summed E-state index contributed by atoms with van der Waals surface area (Å²) in [6, 6.07) is 5.77. The van der Waals surface area contributed by atoms with Gasteiger partial charge in [-0.1, -0.05) is 25.0 Å². The Hall–Kier alpha value is -1.25. The van der Waals surface area contributed by atoms with Gasteiger partial charge in [0.25, 0.3) is 0 Å². The molecule has 25 heavy (non-hydrogen) atoms. The van der Waals surface area contributed by atoms with Crippen molar-refractivity contribution in [1.29, 1.82) is 0 Å². The van der Waals surface area contributed by atoms with Crippen LogP contribution in [0.5, 0.6) is 5.75 Å². The highest BCUT2D eigenvalue weighted by Gasteiger charge is 2.40. The van der Waals surface area contributed by atoms with E-state index in [1.807, 2.05) is 4.90 Å². The van der Waals surface area contributed by atoms with Gasteiger partial charge in [-0.3, -0.25) is 4.90 Å². The van der Waals surface area contributed by atoms with Crippen molar-refractivity contribution >= 4 is 0 Å². The second kappa shape index (κ2) is 10.0. The molecule has 0 aliphatic carbocycles. The van der Waals surface area contributed by atoms with Gasteiger partial charge in [-0.05, 0) is 31.5 Å². The molecular formula is C18H28FNO5. The molecule has 0 unspecified atom stereocenters. The molecule has 0 saturated carbocycles. The van der Waals surface area contributed by atoms with Crippen LogP contribution in [0, 0.1) is 5.82 Å². The highest BCUT2D eigenvalue weighted by molar-refractivity contribution is 5.23. The standard InChI is InChI=1S/C18H28FNO5/c19-13-7-3-4-8-16(13)25-10-6-2-1-5-9-20-11-15(22)18(24)17(23)14(20)12-21/h3-4,7-8,14-15,17-18,21-24H,1-2,5-6,9-12H2/t14-,15+,17-,18-/m1/s1. The minimum absolute atomic E-state index is 0.236. The average Bonchev–Trinajstić information content (AvgIpc) is 2.60. The quantitative estimate of drug-likeness (QED) is 0.482. The second-order valence-corrected chi connectivity index (χ2v) is 6.49. The fraction of sp³-hybridized carbons (Fsp3) is 0.667. The number of aliphatic hydroxyl groups excluding tert-OH is 4. The molecule has 1 aliphatic rings. The van der Waals surface area contributed by atoms with Gasteiger partial charge in [-0.25, -0.2) is 4.39 Å². The van der Waals surface area contributed by atoms with E-state index in [0.717, 1.165) is 25.7 Å². The van der Waals surface area contributed by atoms with E-state index in [1.54, 1.807) is 18.2 Å². The minimum Gasteiger partial charge on any atom is -0.491 e. The first kappa shape index (κ1) is 20.1. The first-order chi connectivity index (χ1) is 12.0. The van der Waals surface area contributed by atoms with Crippen molar-refractivity contribution in [2.24, 2.45) is 0 Å². The highest BCUT2D eigenvalue weighted by atomic mass is 19.1. The molecule has 1 aromatic carbocycles. The molecule has 1 fully saturated rings. The first-order valence-electron chi connectivity index (χ1n) is 8.81. The summed E-state index contributed by atoms with van der Waals surface area (Å²) in [6.07, 6.45) is 0.107. The molecule has 4 N–H and O–H groups in total. The SMILES string of the molecule is OC[C@@H]1[C@@H](O)[C@H](O)[C@@H](O)CN1CCCCCCOc1ccccc1F. The van der Waals surface area contributed by atoms with E-state index in [2.05, 4.69) is 0 Å². The number of β-amino-alcohol motifs (C(OH)–C–C–N with tert-alkyl or cyclic N) is 1. The molecule has 0 spiro atoms. The molecule has 1 aliphatic heterocycles. The molecule has 4 atom stereocenters. The van der Waals surface area contributed by atoms with E-state index < -0.39 is 24.4 Å². The third-order valence-corrected chi connectivity index (χ3v) is 4.65. The van der Waals surface area contributed by atoms with Crippen molar-refractivity contribution in [1.82, 2.24) is 4.90 Å². The number of hydrogen-bond acceptors (Lipinski definition) is 6. The van der Waals surface area contributed by atoms with Crippen LogP contribution in [0.2, 0.25) is 0 Å². The zero-order chi connectivity index (χ0) is 18.2. The number of likely N-dealkylation sites (tertiary alicyclic amines) is 1. The number of rotatable bonds is 9. The van der Waals surface area contributed by atoms with Crippen LogP contribution in [0.25, 0.3) is 0 Å². The Kier molecular flexibility index (Phi) is 8.05. The van der Waals surface area contributed by atoms with Crippen LogP contribution in [0.3, 0.4) is 0 Å². The fourth-order valence-electron chi connectivity index (χ4n) is 3.15. The van der Waals surface area contributed by atoms with Gasteiger partial charge in [-0.15, -0.1) is 0 Å². The molecule has 0 bridgehead atoms. The predicted octanol–water partition coefficient (Wildman–Crippen LogP) is 0.524. The summed E-state index contributed by atoms with van der Waals surface area (Å²) in [5, 5.41) is 38.7. The van der Waals surface area contributed by atoms with Crippen LogP contribution in [-0.2, 0) is 0 Å². The molecule has 0 aromatic heterocycles. The summed E-state index contributed by atoms with van der Waals surface area (Å²) >= 11 is 0. The van der Waals surface area contributed by atoms with Crippen LogP contribution in [-0.4, -0.2) is 76.0 Å². The maximum atomic E-state index is 13.4. The summed E-state index contributed by atoms with van der Waals surface area (Å²) in [5.41, 5.74) is 0. The van der Waals surface area contributed by atoms with Gasteiger partial charge in [0.1, 0.15) is 12.2 Å². The van der Waals surface area contributed by atoms with E-state index in [-0.39, 0.29) is 24.7 Å². The Balaban J connectivity index is 1.61. The number of unbranched alkanes of at least 4 members (excludes halogenated alkanes) is 3. The van der Waals surface area contributed by atoms with Gasteiger partial charge < -0.3 is 25.2 Å². The van der Waals surface area contributed by atoms with E-state index >= 15 is 0 Å². The Morgan fingerprint density at radius 1 is 1.04 bits per heavy atom. The van der Waals surface area contributed by atoms with Crippen molar-refractivity contribution in [3.05, 3.63) is 30.1 Å². The zero-order valence-electron chi connectivity index (χ0n) is 14.3. The summed E-state index contributed by atoms with van der Waals surface area (Å²) in [7, 11) is 0. The molecule has 1 aromatic rings. The molecule has 1 saturated heterocycles. The fourth-order valence-corrected chi connectivity index (χ4v) is 3.15. The molecule has 6 nitrogen and oxygen atoms in total. The molecule has 142 valence electrons. The van der Waals surface area contributed by atoms with Gasteiger partial charge in [0.05, 0.1) is 25.4 Å². The molecule has 0 amide bonds. The Morgan fingerprint density at radius 3 is 2.48 bits per heavy atom. The van der Waals surface area contributed by atoms with Gasteiger partial charge in [0, 0.05) is 6.54 Å². The normalized spacial score (nSPS) is 27.4. The maximum absolute atomic E-state index is 13.4. The van der Waals surface area contributed by atoms with E-state index in [4.69, 9.17) is 4.74 Å². The van der Waals surface area contributed by atoms with Crippen LogP contribution in [0.15, 0.2) is 24.3 Å². The summed E-state index contributed by atoms with van der Waals surface area (Å²) < 4.78 is 18.8.